The molecular formula is C11H16N4O3. The van der Waals surface area contributed by atoms with Crippen molar-refractivity contribution in [1.82, 2.24) is 15.3 Å². The van der Waals surface area contributed by atoms with Gasteiger partial charge < -0.3 is 14.8 Å². The van der Waals surface area contributed by atoms with Crippen molar-refractivity contribution in [3.63, 3.8) is 0 Å². The van der Waals surface area contributed by atoms with Gasteiger partial charge in [0.2, 0.25) is 0 Å². The van der Waals surface area contributed by atoms with Gasteiger partial charge >= 0.3 is 6.03 Å². The fraction of sp³-hybridized carbons (Fsp3) is 0.545. The smallest absolute Gasteiger partial charge is 0.320 e. The van der Waals surface area contributed by atoms with Gasteiger partial charge in [0.05, 0.1) is 19.4 Å². The summed E-state index contributed by atoms with van der Waals surface area (Å²) in [5.74, 6) is 0.766. The Balaban J connectivity index is 1.82. The molecule has 7 heteroatoms. The Labute approximate surface area is 105 Å². The molecule has 1 saturated heterocycles. The fourth-order valence-corrected chi connectivity index (χ4v) is 1.72. The number of nitrogens with one attached hydrogen (secondary N) is 2. The quantitative estimate of drug-likeness (QED) is 0.827. The maximum absolute atomic E-state index is 11.6. The summed E-state index contributed by atoms with van der Waals surface area (Å²) in [5, 5.41) is 5.34. The van der Waals surface area contributed by atoms with Crippen LogP contribution in [0.25, 0.3) is 0 Å². The first kappa shape index (κ1) is 12.6. The maximum Gasteiger partial charge on any atom is 0.320 e. The van der Waals surface area contributed by atoms with E-state index in [1.165, 1.54) is 19.6 Å². The minimum atomic E-state index is -0.331. The molecule has 0 spiro atoms. The third kappa shape index (κ3) is 3.30. The number of hydrogen-bond donors (Lipinski definition) is 2. The summed E-state index contributed by atoms with van der Waals surface area (Å²) >= 11 is 0. The lowest BCUT2D eigenvalue weighted by Gasteiger charge is -2.12. The minimum absolute atomic E-state index is 0.114. The van der Waals surface area contributed by atoms with Gasteiger partial charge in [-0.15, -0.1) is 0 Å². The Morgan fingerprint density at radius 3 is 3.28 bits per heavy atom. The molecule has 2 heterocycles. The van der Waals surface area contributed by atoms with Crippen molar-refractivity contribution >= 4 is 11.8 Å². The number of anilines is 1. The van der Waals surface area contributed by atoms with E-state index in [-0.39, 0.29) is 12.1 Å². The number of nitrogens with zero attached hydrogens (tertiary/aromatic N) is 2. The molecule has 0 radical (unpaired) electrons. The van der Waals surface area contributed by atoms with Crippen LogP contribution in [0.4, 0.5) is 10.6 Å². The highest BCUT2D eigenvalue weighted by molar-refractivity contribution is 5.89. The van der Waals surface area contributed by atoms with Crippen LogP contribution in [0.3, 0.4) is 0 Å². The van der Waals surface area contributed by atoms with Gasteiger partial charge in [-0.3, -0.25) is 5.32 Å². The van der Waals surface area contributed by atoms with Gasteiger partial charge in [0, 0.05) is 13.2 Å². The van der Waals surface area contributed by atoms with Crippen molar-refractivity contribution in [2.75, 3.05) is 25.6 Å². The maximum atomic E-state index is 11.6. The van der Waals surface area contributed by atoms with E-state index in [1.807, 2.05) is 0 Å². The number of carbonyl (C=O) groups excluding carboxylic acids is 1. The van der Waals surface area contributed by atoms with Crippen molar-refractivity contribution in [2.45, 2.75) is 18.9 Å². The average molecular weight is 252 g/mol. The molecule has 1 aliphatic heterocycles. The second kappa shape index (κ2) is 6.15. The Kier molecular flexibility index (Phi) is 4.30. The molecule has 2 amide bonds. The van der Waals surface area contributed by atoms with Gasteiger partial charge in [0.25, 0.3) is 0 Å². The summed E-state index contributed by atoms with van der Waals surface area (Å²) in [4.78, 5) is 19.4. The molecule has 1 aliphatic rings. The highest BCUT2D eigenvalue weighted by atomic mass is 16.5. The number of hydrogen-bond acceptors (Lipinski definition) is 5. The number of urea groups is 1. The van der Waals surface area contributed by atoms with Crippen molar-refractivity contribution in [3.8, 4) is 5.75 Å². The largest absolute Gasteiger partial charge is 0.491 e. The van der Waals surface area contributed by atoms with Crippen LogP contribution in [-0.4, -0.2) is 42.4 Å². The molecule has 2 N–H and O–H groups in total. The molecule has 2 rings (SSSR count). The second-order valence-electron chi connectivity index (χ2n) is 3.91. The van der Waals surface area contributed by atoms with Gasteiger partial charge in [-0.25, -0.2) is 14.8 Å². The highest BCUT2D eigenvalue weighted by Crippen LogP contribution is 2.18. The lowest BCUT2D eigenvalue weighted by Crippen LogP contribution is -2.35. The van der Waals surface area contributed by atoms with Crippen LogP contribution in [0, 0.1) is 0 Å². The molecule has 1 atom stereocenters. The summed E-state index contributed by atoms with van der Waals surface area (Å²) < 4.78 is 10.4. The van der Waals surface area contributed by atoms with Gasteiger partial charge in [-0.2, -0.15) is 0 Å². The SMILES string of the molecule is COc1cncnc1NC(=O)NCC1CCCO1. The van der Waals surface area contributed by atoms with Crippen molar-refractivity contribution in [1.29, 1.82) is 0 Å². The average Bonchev–Trinajstić information content (AvgIpc) is 2.90. The number of amides is 2. The van der Waals surface area contributed by atoms with Crippen molar-refractivity contribution in [3.05, 3.63) is 12.5 Å². The van der Waals surface area contributed by atoms with E-state index in [1.54, 1.807) is 0 Å². The number of ether oxygens (including phenoxy) is 2. The summed E-state index contributed by atoms with van der Waals surface area (Å²) in [7, 11) is 1.49. The predicted octanol–water partition coefficient (Wildman–Crippen LogP) is 0.786. The van der Waals surface area contributed by atoms with E-state index in [0.717, 1.165) is 19.4 Å². The van der Waals surface area contributed by atoms with Crippen LogP contribution in [-0.2, 0) is 4.74 Å². The Morgan fingerprint density at radius 2 is 2.56 bits per heavy atom. The van der Waals surface area contributed by atoms with E-state index in [2.05, 4.69) is 20.6 Å². The first-order chi connectivity index (χ1) is 8.79. The first-order valence-electron chi connectivity index (χ1n) is 5.80. The monoisotopic (exact) mass is 252 g/mol. The number of rotatable bonds is 4. The van der Waals surface area contributed by atoms with E-state index in [4.69, 9.17) is 9.47 Å². The Bertz CT molecular complexity index is 407. The second-order valence-corrected chi connectivity index (χ2v) is 3.91. The third-order valence-corrected chi connectivity index (χ3v) is 2.64. The van der Waals surface area contributed by atoms with Crippen LogP contribution in [0.5, 0.6) is 5.75 Å². The van der Waals surface area contributed by atoms with Gasteiger partial charge in [0.15, 0.2) is 11.6 Å². The zero-order chi connectivity index (χ0) is 12.8. The molecule has 18 heavy (non-hydrogen) atoms. The first-order valence-corrected chi connectivity index (χ1v) is 5.80. The molecule has 0 bridgehead atoms. The summed E-state index contributed by atoms with van der Waals surface area (Å²) in [5.41, 5.74) is 0. The third-order valence-electron chi connectivity index (χ3n) is 2.64. The standard InChI is InChI=1S/C11H16N4O3/c1-17-9-6-12-7-14-10(9)15-11(16)13-5-8-3-2-4-18-8/h6-8H,2-5H2,1H3,(H2,12,13,14,15,16). The van der Waals surface area contributed by atoms with E-state index in [0.29, 0.717) is 18.1 Å². The molecule has 0 aromatic carbocycles. The number of methoxy groups -OCH3 is 1. The molecular weight excluding hydrogens is 236 g/mol. The lowest BCUT2D eigenvalue weighted by molar-refractivity contribution is 0.112. The van der Waals surface area contributed by atoms with Crippen molar-refractivity contribution < 1.29 is 14.3 Å². The molecule has 0 saturated carbocycles. The molecule has 1 aromatic heterocycles. The van der Waals surface area contributed by atoms with Crippen LogP contribution in [0.15, 0.2) is 12.5 Å². The molecule has 0 aliphatic carbocycles. The predicted molar refractivity (Wildman–Crippen MR) is 64.6 cm³/mol. The summed E-state index contributed by atoms with van der Waals surface area (Å²) in [6.45, 7) is 1.27. The van der Waals surface area contributed by atoms with Crippen molar-refractivity contribution in [2.24, 2.45) is 0 Å². The Hall–Kier alpha value is -1.89. The van der Waals surface area contributed by atoms with Gasteiger partial charge in [-0.1, -0.05) is 0 Å². The molecule has 7 nitrogen and oxygen atoms in total. The fourth-order valence-electron chi connectivity index (χ4n) is 1.72. The molecule has 1 unspecified atom stereocenters. The zero-order valence-electron chi connectivity index (χ0n) is 10.2. The summed E-state index contributed by atoms with van der Waals surface area (Å²) in [6, 6.07) is -0.331. The van der Waals surface area contributed by atoms with E-state index in [9.17, 15) is 4.79 Å². The highest BCUT2D eigenvalue weighted by Gasteiger charge is 2.16. The lowest BCUT2D eigenvalue weighted by atomic mass is 10.2. The van der Waals surface area contributed by atoms with E-state index < -0.39 is 0 Å². The molecule has 1 aromatic rings. The van der Waals surface area contributed by atoms with Gasteiger partial charge in [-0.05, 0) is 12.8 Å². The normalized spacial score (nSPS) is 18.4. The van der Waals surface area contributed by atoms with Gasteiger partial charge in [0.1, 0.15) is 6.33 Å². The molecule has 1 fully saturated rings. The van der Waals surface area contributed by atoms with Crippen LogP contribution in [0.2, 0.25) is 0 Å². The topological polar surface area (TPSA) is 85.4 Å². The summed E-state index contributed by atoms with van der Waals surface area (Å²) in [6.07, 6.45) is 4.98. The molecule has 98 valence electrons. The van der Waals surface area contributed by atoms with Crippen LogP contribution >= 0.6 is 0 Å². The number of carbonyl (C=O) groups is 1. The van der Waals surface area contributed by atoms with Crippen LogP contribution < -0.4 is 15.4 Å². The van der Waals surface area contributed by atoms with Crippen LogP contribution in [0.1, 0.15) is 12.8 Å². The number of aromatic nitrogens is 2. The van der Waals surface area contributed by atoms with E-state index >= 15 is 0 Å². The Morgan fingerprint density at radius 1 is 1.67 bits per heavy atom. The zero-order valence-corrected chi connectivity index (χ0v) is 10.2. The minimum Gasteiger partial charge on any atom is -0.491 e.